The number of piperazine rings is 1. The number of hydrogen-bond donors (Lipinski definition) is 1. The van der Waals surface area contributed by atoms with Crippen LogP contribution in [-0.2, 0) is 11.3 Å². The molecular weight excluding hydrogens is 392 g/mol. The number of hydrogen-bond acceptors (Lipinski definition) is 6. The molecule has 0 saturated carbocycles. The first kappa shape index (κ1) is 19.4. The van der Waals surface area contributed by atoms with Crippen LogP contribution in [0.25, 0.3) is 11.1 Å². The Morgan fingerprint density at radius 3 is 2.62 bits per heavy atom. The third-order valence-corrected chi connectivity index (χ3v) is 5.87. The zero-order chi connectivity index (χ0) is 20.2. The van der Waals surface area contributed by atoms with E-state index >= 15 is 0 Å². The predicted octanol–water partition coefficient (Wildman–Crippen LogP) is 1.23. The van der Waals surface area contributed by atoms with Gasteiger partial charge in [-0.15, -0.1) is 11.3 Å². The van der Waals surface area contributed by atoms with Crippen molar-refractivity contribution in [3.63, 3.8) is 0 Å². The molecule has 0 bridgehead atoms. The molecule has 3 heterocycles. The summed E-state index contributed by atoms with van der Waals surface area (Å²) in [6.07, 6.45) is 0. The summed E-state index contributed by atoms with van der Waals surface area (Å²) in [6, 6.07) is 10.8. The molecule has 0 spiro atoms. The van der Waals surface area contributed by atoms with E-state index in [0.717, 1.165) is 18.0 Å². The van der Waals surface area contributed by atoms with Crippen LogP contribution in [0.3, 0.4) is 0 Å². The molecule has 3 aromatic rings. The minimum absolute atomic E-state index is 0.0705. The van der Waals surface area contributed by atoms with Crippen molar-refractivity contribution < 1.29 is 14.0 Å². The van der Waals surface area contributed by atoms with E-state index in [4.69, 9.17) is 4.42 Å². The highest BCUT2D eigenvalue weighted by atomic mass is 32.1. The summed E-state index contributed by atoms with van der Waals surface area (Å²) in [5.41, 5.74) is 1.08. The van der Waals surface area contributed by atoms with Crippen molar-refractivity contribution in [3.05, 3.63) is 57.2 Å². The number of benzene rings is 1. The molecule has 152 valence electrons. The minimum atomic E-state index is -0.534. The molecule has 8 nitrogen and oxygen atoms in total. The summed E-state index contributed by atoms with van der Waals surface area (Å²) in [4.78, 5) is 41.4. The van der Waals surface area contributed by atoms with Crippen molar-refractivity contribution in [2.24, 2.45) is 0 Å². The summed E-state index contributed by atoms with van der Waals surface area (Å²) in [7, 11) is 0. The lowest BCUT2D eigenvalue weighted by Crippen LogP contribution is -2.50. The molecule has 2 amide bonds. The second kappa shape index (κ2) is 8.62. The van der Waals surface area contributed by atoms with E-state index in [1.165, 1.54) is 15.9 Å². The molecule has 1 aromatic carbocycles. The Labute approximate surface area is 171 Å². The maximum atomic E-state index is 12.4. The van der Waals surface area contributed by atoms with Gasteiger partial charge in [0.05, 0.1) is 10.4 Å². The van der Waals surface area contributed by atoms with Gasteiger partial charge in [-0.3, -0.25) is 19.1 Å². The zero-order valence-corrected chi connectivity index (χ0v) is 16.7. The van der Waals surface area contributed by atoms with E-state index in [-0.39, 0.29) is 18.4 Å². The number of carbonyl (C=O) groups excluding carboxylic acids is 2. The Hall–Kier alpha value is -2.91. The molecule has 0 unspecified atom stereocenters. The van der Waals surface area contributed by atoms with Gasteiger partial charge in [0.1, 0.15) is 6.54 Å². The van der Waals surface area contributed by atoms with Crippen LogP contribution < -0.4 is 11.1 Å². The van der Waals surface area contributed by atoms with Gasteiger partial charge < -0.3 is 14.6 Å². The summed E-state index contributed by atoms with van der Waals surface area (Å²) in [5.74, 6) is -0.677. The summed E-state index contributed by atoms with van der Waals surface area (Å²) in [6.45, 7) is 4.04. The van der Waals surface area contributed by atoms with Crippen molar-refractivity contribution in [2.45, 2.75) is 6.54 Å². The van der Waals surface area contributed by atoms with Gasteiger partial charge >= 0.3 is 5.76 Å². The molecule has 1 saturated heterocycles. The number of thiophene rings is 1. The van der Waals surface area contributed by atoms with Crippen LogP contribution in [0.1, 0.15) is 9.67 Å². The lowest BCUT2D eigenvalue weighted by Gasteiger charge is -2.34. The average Bonchev–Trinajstić information content (AvgIpc) is 3.37. The third-order valence-electron chi connectivity index (χ3n) is 5.02. The summed E-state index contributed by atoms with van der Waals surface area (Å²) in [5, 5.41) is 4.76. The van der Waals surface area contributed by atoms with E-state index < -0.39 is 5.76 Å². The largest absolute Gasteiger partial charge is 0.420 e. The quantitative estimate of drug-likeness (QED) is 0.656. The van der Waals surface area contributed by atoms with Gasteiger partial charge in [-0.25, -0.2) is 4.79 Å². The van der Waals surface area contributed by atoms with Crippen LogP contribution >= 0.6 is 11.3 Å². The zero-order valence-electron chi connectivity index (χ0n) is 15.9. The highest BCUT2D eigenvalue weighted by Gasteiger charge is 2.22. The number of carbonyl (C=O) groups is 2. The molecule has 1 N–H and O–H groups in total. The van der Waals surface area contributed by atoms with E-state index in [1.807, 2.05) is 22.4 Å². The molecule has 9 heteroatoms. The predicted molar refractivity (Wildman–Crippen MR) is 110 cm³/mol. The van der Waals surface area contributed by atoms with Crippen LogP contribution in [0.2, 0.25) is 0 Å². The third kappa shape index (κ3) is 4.41. The first-order valence-corrected chi connectivity index (χ1v) is 10.4. The maximum absolute atomic E-state index is 12.4. The number of nitrogens with one attached hydrogen (secondary N) is 1. The van der Waals surface area contributed by atoms with E-state index in [0.29, 0.717) is 37.3 Å². The maximum Gasteiger partial charge on any atom is 0.420 e. The molecule has 4 rings (SSSR count). The van der Waals surface area contributed by atoms with Crippen LogP contribution in [-0.4, -0.2) is 65.4 Å². The molecule has 29 heavy (non-hydrogen) atoms. The fraction of sp³-hybridized carbons (Fsp3) is 0.350. The number of oxazole rings is 1. The van der Waals surface area contributed by atoms with Crippen molar-refractivity contribution in [3.8, 4) is 0 Å². The normalized spacial score (nSPS) is 15.0. The van der Waals surface area contributed by atoms with Crippen LogP contribution in [0.5, 0.6) is 0 Å². The highest BCUT2D eigenvalue weighted by Crippen LogP contribution is 2.14. The molecule has 1 fully saturated rings. The standard InChI is InChI=1S/C20H22N4O4S/c25-18(14-24-15-4-1-2-5-16(15)28-20(24)27)21-7-8-22-9-11-23(12-10-22)19(26)17-6-3-13-29-17/h1-6,13H,7-12,14H2,(H,21,25). The Bertz CT molecular complexity index is 1050. The van der Waals surface area contributed by atoms with Crippen LogP contribution in [0.15, 0.2) is 51.0 Å². The molecule has 1 aliphatic heterocycles. The van der Waals surface area contributed by atoms with Crippen molar-refractivity contribution >= 4 is 34.3 Å². The monoisotopic (exact) mass is 414 g/mol. The van der Waals surface area contributed by atoms with Gasteiger partial charge in [0.25, 0.3) is 5.91 Å². The topological polar surface area (TPSA) is 87.8 Å². The van der Waals surface area contributed by atoms with Gasteiger partial charge in [-0.1, -0.05) is 18.2 Å². The SMILES string of the molecule is O=C(Cn1c(=O)oc2ccccc21)NCCN1CCN(C(=O)c2cccs2)CC1. The Kier molecular flexibility index (Phi) is 5.77. The molecular formula is C20H22N4O4S. The van der Waals surface area contributed by atoms with Crippen molar-refractivity contribution in [2.75, 3.05) is 39.3 Å². The van der Waals surface area contributed by atoms with Crippen molar-refractivity contribution in [1.82, 2.24) is 19.7 Å². The molecule has 0 radical (unpaired) electrons. The molecule has 0 atom stereocenters. The Balaban J connectivity index is 1.22. The average molecular weight is 414 g/mol. The number of amides is 2. The lowest BCUT2D eigenvalue weighted by atomic mass is 10.3. The van der Waals surface area contributed by atoms with Gasteiger partial charge in [0.15, 0.2) is 5.58 Å². The van der Waals surface area contributed by atoms with Crippen molar-refractivity contribution in [1.29, 1.82) is 0 Å². The minimum Gasteiger partial charge on any atom is -0.408 e. The highest BCUT2D eigenvalue weighted by molar-refractivity contribution is 7.12. The number of para-hydroxylation sites is 2. The van der Waals surface area contributed by atoms with Gasteiger partial charge in [0.2, 0.25) is 5.91 Å². The number of nitrogens with zero attached hydrogens (tertiary/aromatic N) is 3. The molecule has 1 aliphatic rings. The second-order valence-electron chi connectivity index (χ2n) is 6.88. The number of fused-ring (bicyclic) bond motifs is 1. The molecule has 0 aliphatic carbocycles. The Morgan fingerprint density at radius 1 is 1.07 bits per heavy atom. The van der Waals surface area contributed by atoms with Gasteiger partial charge in [-0.2, -0.15) is 0 Å². The number of rotatable bonds is 6. The smallest absolute Gasteiger partial charge is 0.408 e. The fourth-order valence-electron chi connectivity index (χ4n) is 3.45. The fourth-order valence-corrected chi connectivity index (χ4v) is 4.14. The lowest BCUT2D eigenvalue weighted by molar-refractivity contribution is -0.121. The van der Waals surface area contributed by atoms with E-state index in [2.05, 4.69) is 10.2 Å². The van der Waals surface area contributed by atoms with E-state index in [1.54, 1.807) is 24.3 Å². The van der Waals surface area contributed by atoms with Gasteiger partial charge in [0, 0.05) is 39.3 Å². The van der Waals surface area contributed by atoms with E-state index in [9.17, 15) is 14.4 Å². The second-order valence-corrected chi connectivity index (χ2v) is 7.83. The first-order chi connectivity index (χ1) is 14.1. The summed E-state index contributed by atoms with van der Waals surface area (Å²) < 4.78 is 6.48. The molecule has 2 aromatic heterocycles. The van der Waals surface area contributed by atoms with Crippen LogP contribution in [0.4, 0.5) is 0 Å². The van der Waals surface area contributed by atoms with Crippen LogP contribution in [0, 0.1) is 0 Å². The Morgan fingerprint density at radius 2 is 1.86 bits per heavy atom. The number of aromatic nitrogens is 1. The van der Waals surface area contributed by atoms with Gasteiger partial charge in [-0.05, 0) is 23.6 Å². The first-order valence-electron chi connectivity index (χ1n) is 9.52. The summed E-state index contributed by atoms with van der Waals surface area (Å²) >= 11 is 1.46.